The van der Waals surface area contributed by atoms with Crippen LogP contribution < -0.4 is 20.7 Å². The summed E-state index contributed by atoms with van der Waals surface area (Å²) in [6.07, 6.45) is -2.79. The molecule has 0 aliphatic heterocycles. The number of imidazole rings is 1. The van der Waals surface area contributed by atoms with Gasteiger partial charge < -0.3 is 25.3 Å². The molecule has 41 heavy (non-hydrogen) atoms. The summed E-state index contributed by atoms with van der Waals surface area (Å²) in [6.45, 7) is 4.35. The van der Waals surface area contributed by atoms with Gasteiger partial charge in [0, 0.05) is 30.9 Å². The monoisotopic (exact) mass is 605 g/mol. The van der Waals surface area contributed by atoms with Gasteiger partial charge in [0.25, 0.3) is 12.3 Å². The summed E-state index contributed by atoms with van der Waals surface area (Å²) in [7, 11) is 1.65. The minimum absolute atomic E-state index is 0.0848. The molecule has 1 aromatic heterocycles. The number of benzene rings is 3. The maximum absolute atomic E-state index is 13.6. The van der Waals surface area contributed by atoms with E-state index in [9.17, 15) is 22.8 Å². The third-order valence-corrected chi connectivity index (χ3v) is 6.66. The Hall–Kier alpha value is -4.22. The summed E-state index contributed by atoms with van der Waals surface area (Å²) in [4.78, 5) is 29.5. The molecular weight excluding hydrogens is 582 g/mol. The molecule has 0 radical (unpaired) electrons. The minimum Gasteiger partial charge on any atom is -0.487 e. The molecule has 3 N–H and O–H groups in total. The number of aryl methyl sites for hydroxylation is 1. The van der Waals surface area contributed by atoms with Crippen LogP contribution in [0.25, 0.3) is 11.0 Å². The molecule has 0 saturated heterocycles. The highest BCUT2D eigenvalue weighted by molar-refractivity contribution is 6.39. The predicted octanol–water partition coefficient (Wildman–Crippen LogP) is 6.85. The number of nitrogens with one attached hydrogen (secondary N) is 3. The second-order valence-electron chi connectivity index (χ2n) is 8.98. The molecular formula is C28H24Cl2F3N5O3. The molecule has 0 fully saturated rings. The minimum atomic E-state index is -2.79. The molecule has 4 aromatic rings. The van der Waals surface area contributed by atoms with Crippen LogP contribution in [0.1, 0.15) is 22.8 Å². The number of carbonyl (C=O) groups excluding carboxylic acids is 2. The van der Waals surface area contributed by atoms with Gasteiger partial charge in [-0.2, -0.15) is 0 Å². The van der Waals surface area contributed by atoms with Crippen molar-refractivity contribution in [2.75, 3.05) is 17.2 Å². The lowest BCUT2D eigenvalue weighted by Gasteiger charge is -2.14. The van der Waals surface area contributed by atoms with Crippen LogP contribution >= 0.6 is 23.2 Å². The van der Waals surface area contributed by atoms with E-state index in [1.165, 1.54) is 30.3 Å². The highest BCUT2D eigenvalue weighted by Crippen LogP contribution is 2.37. The van der Waals surface area contributed by atoms with E-state index in [2.05, 4.69) is 27.5 Å². The van der Waals surface area contributed by atoms with Crippen molar-refractivity contribution in [2.45, 2.75) is 19.9 Å². The van der Waals surface area contributed by atoms with Gasteiger partial charge >= 0.3 is 0 Å². The Labute approximate surface area is 243 Å². The van der Waals surface area contributed by atoms with Crippen LogP contribution in [-0.4, -0.2) is 34.4 Å². The van der Waals surface area contributed by atoms with Crippen LogP contribution in [0.4, 0.5) is 30.5 Å². The normalized spacial score (nSPS) is 11.0. The van der Waals surface area contributed by atoms with Crippen molar-refractivity contribution in [1.29, 1.82) is 0 Å². The van der Waals surface area contributed by atoms with E-state index in [-0.39, 0.29) is 45.4 Å². The summed E-state index contributed by atoms with van der Waals surface area (Å²) in [6, 6.07) is 11.3. The van der Waals surface area contributed by atoms with Gasteiger partial charge in [-0.3, -0.25) is 9.59 Å². The lowest BCUT2D eigenvalue weighted by Crippen LogP contribution is -2.23. The van der Waals surface area contributed by atoms with Gasteiger partial charge in [0.2, 0.25) is 11.9 Å². The average molecular weight is 606 g/mol. The van der Waals surface area contributed by atoms with E-state index < -0.39 is 24.8 Å². The molecule has 0 aliphatic carbocycles. The van der Waals surface area contributed by atoms with Crippen LogP contribution in [0.2, 0.25) is 10.0 Å². The third kappa shape index (κ3) is 6.93. The van der Waals surface area contributed by atoms with Gasteiger partial charge in [0.15, 0.2) is 0 Å². The summed E-state index contributed by atoms with van der Waals surface area (Å²) >= 11 is 13.0. The van der Waals surface area contributed by atoms with Crippen LogP contribution in [0, 0.1) is 5.82 Å². The largest absolute Gasteiger partial charge is 0.487 e. The fraction of sp³-hybridized carbons (Fsp3) is 0.179. The third-order valence-electron chi connectivity index (χ3n) is 5.91. The first kappa shape index (κ1) is 29.8. The van der Waals surface area contributed by atoms with Crippen LogP contribution in [0.15, 0.2) is 60.7 Å². The summed E-state index contributed by atoms with van der Waals surface area (Å²) < 4.78 is 46.4. The highest BCUT2D eigenvalue weighted by Gasteiger charge is 2.21. The number of alkyl halides is 2. The van der Waals surface area contributed by atoms with E-state index >= 15 is 0 Å². The van der Waals surface area contributed by atoms with E-state index in [1.807, 2.05) is 0 Å². The second-order valence-corrected chi connectivity index (χ2v) is 9.77. The van der Waals surface area contributed by atoms with Crippen LogP contribution in [0.5, 0.6) is 5.75 Å². The quantitative estimate of drug-likeness (QED) is 0.172. The molecule has 0 bridgehead atoms. The highest BCUT2D eigenvalue weighted by atomic mass is 35.5. The fourth-order valence-electron chi connectivity index (χ4n) is 3.83. The van der Waals surface area contributed by atoms with Crippen molar-refractivity contribution in [1.82, 2.24) is 14.9 Å². The number of amides is 2. The zero-order valence-electron chi connectivity index (χ0n) is 21.8. The van der Waals surface area contributed by atoms with Gasteiger partial charge in [-0.05, 0) is 42.8 Å². The molecule has 4 rings (SSSR count). The van der Waals surface area contributed by atoms with Gasteiger partial charge in [0.05, 0.1) is 32.3 Å². The molecule has 1 heterocycles. The van der Waals surface area contributed by atoms with Crippen LogP contribution in [0.3, 0.4) is 0 Å². The van der Waals surface area contributed by atoms with Crippen molar-refractivity contribution in [3.8, 4) is 5.75 Å². The van der Waals surface area contributed by atoms with Gasteiger partial charge in [-0.25, -0.2) is 18.2 Å². The fourth-order valence-corrected chi connectivity index (χ4v) is 4.36. The first-order chi connectivity index (χ1) is 19.4. The molecule has 3 aromatic carbocycles. The Morgan fingerprint density at radius 1 is 1.15 bits per heavy atom. The first-order valence-electron chi connectivity index (χ1n) is 12.1. The van der Waals surface area contributed by atoms with Gasteiger partial charge in [0.1, 0.15) is 18.2 Å². The Balaban J connectivity index is 1.70. The van der Waals surface area contributed by atoms with Crippen molar-refractivity contribution >= 4 is 63.4 Å². The van der Waals surface area contributed by atoms with Gasteiger partial charge in [-0.15, -0.1) is 0 Å². The Morgan fingerprint density at radius 3 is 2.59 bits per heavy atom. The lowest BCUT2D eigenvalue weighted by molar-refractivity contribution is -0.117. The van der Waals surface area contributed by atoms with Crippen LogP contribution in [-0.2, 0) is 18.4 Å². The number of aromatic nitrogens is 2. The molecule has 0 atom stereocenters. The number of halogens is 5. The SMILES string of the molecule is C=C(C)C(=O)NCc1ccc(Cl)c(Nc2nc3cc(C(=O)Nc4cccc(F)c4)c(OCC(F)F)cc3n2C)c1Cl. The molecule has 0 spiro atoms. The van der Waals surface area contributed by atoms with Crippen molar-refractivity contribution < 1.29 is 27.5 Å². The maximum Gasteiger partial charge on any atom is 0.272 e. The van der Waals surface area contributed by atoms with E-state index in [0.717, 1.165) is 6.07 Å². The van der Waals surface area contributed by atoms with E-state index in [1.54, 1.807) is 30.7 Å². The zero-order valence-corrected chi connectivity index (χ0v) is 23.3. The Kier molecular flexibility index (Phi) is 9.09. The molecule has 8 nitrogen and oxygen atoms in total. The first-order valence-corrected chi connectivity index (χ1v) is 12.9. The number of fused-ring (bicyclic) bond motifs is 1. The van der Waals surface area contributed by atoms with Gasteiger partial charge in [-0.1, -0.05) is 41.9 Å². The summed E-state index contributed by atoms with van der Waals surface area (Å²) in [5.74, 6) is -1.46. The molecule has 0 aliphatic rings. The molecule has 214 valence electrons. The molecule has 0 saturated carbocycles. The predicted molar refractivity (Wildman–Crippen MR) is 153 cm³/mol. The molecule has 2 amide bonds. The standard InChI is InChI=1S/C28H24Cl2F3N5O3/c1-14(2)26(39)34-12-15-7-8-19(29)25(24(15)30)37-28-36-20-10-18(27(40)35-17-6-4-5-16(31)9-17)22(41-13-23(32)33)11-21(20)38(28)3/h4-11,23H,1,12-13H2,2-3H3,(H,34,39)(H,35,40)(H,36,37). The van der Waals surface area contributed by atoms with Crippen molar-refractivity contribution in [2.24, 2.45) is 7.05 Å². The maximum atomic E-state index is 13.6. The Morgan fingerprint density at radius 2 is 1.90 bits per heavy atom. The molecule has 13 heteroatoms. The zero-order chi connectivity index (χ0) is 29.8. The number of hydrogen-bond donors (Lipinski definition) is 3. The number of carbonyl (C=O) groups is 2. The Bertz CT molecular complexity index is 1660. The number of ether oxygens (including phenoxy) is 1. The molecule has 0 unspecified atom stereocenters. The number of nitrogens with zero attached hydrogens (tertiary/aromatic N) is 2. The number of hydrogen-bond acceptors (Lipinski definition) is 5. The summed E-state index contributed by atoms with van der Waals surface area (Å²) in [5.41, 5.74) is 2.07. The number of rotatable bonds is 10. The van der Waals surface area contributed by atoms with E-state index in [0.29, 0.717) is 27.9 Å². The topological polar surface area (TPSA) is 97.3 Å². The average Bonchev–Trinajstić information content (AvgIpc) is 3.22. The second kappa shape index (κ2) is 12.5. The van der Waals surface area contributed by atoms with E-state index in [4.69, 9.17) is 27.9 Å². The summed E-state index contributed by atoms with van der Waals surface area (Å²) in [5, 5.41) is 8.82. The van der Waals surface area contributed by atoms with Crippen molar-refractivity contribution in [3.63, 3.8) is 0 Å². The number of anilines is 3. The lowest BCUT2D eigenvalue weighted by atomic mass is 10.1. The van der Waals surface area contributed by atoms with Crippen molar-refractivity contribution in [3.05, 3.63) is 87.7 Å². The smallest absolute Gasteiger partial charge is 0.272 e.